The summed E-state index contributed by atoms with van der Waals surface area (Å²) in [5, 5.41) is 0. The first kappa shape index (κ1) is 11.4. The van der Waals surface area contributed by atoms with E-state index in [0.717, 1.165) is 31.6 Å². The Balaban J connectivity index is 2.16. The molecule has 0 spiro atoms. The summed E-state index contributed by atoms with van der Waals surface area (Å²) in [7, 11) is 0. The molecule has 88 valence electrons. The van der Waals surface area contributed by atoms with E-state index in [-0.39, 0.29) is 12.1 Å². The molecule has 0 amide bonds. The molecule has 3 nitrogen and oxygen atoms in total. The topological polar surface area (TPSA) is 61.3 Å². The van der Waals surface area contributed by atoms with E-state index in [2.05, 4.69) is 12.1 Å². The first-order chi connectivity index (χ1) is 7.66. The van der Waals surface area contributed by atoms with Gasteiger partial charge in [-0.1, -0.05) is 12.1 Å². The maximum atomic E-state index is 6.11. The Bertz CT molecular complexity index is 363. The van der Waals surface area contributed by atoms with Crippen LogP contribution >= 0.6 is 0 Å². The lowest BCUT2D eigenvalue weighted by Crippen LogP contribution is -2.23. The van der Waals surface area contributed by atoms with Crippen molar-refractivity contribution >= 4 is 0 Å². The normalized spacial score (nSPS) is 18.4. The number of benzene rings is 1. The molecule has 2 unspecified atom stereocenters. The molecular weight excluding hydrogens is 200 g/mol. The fraction of sp³-hybridized carbons (Fsp3) is 0.538. The highest BCUT2D eigenvalue weighted by atomic mass is 16.5. The summed E-state index contributed by atoms with van der Waals surface area (Å²) in [4.78, 5) is 0. The molecule has 2 atom stereocenters. The van der Waals surface area contributed by atoms with Gasteiger partial charge in [-0.05, 0) is 43.4 Å². The molecule has 0 aliphatic carbocycles. The molecule has 1 aromatic rings. The number of nitrogens with two attached hydrogens (primary N) is 2. The average Bonchev–Trinajstić information content (AvgIpc) is 2.27. The summed E-state index contributed by atoms with van der Waals surface area (Å²) < 4.78 is 5.57. The van der Waals surface area contributed by atoms with Crippen molar-refractivity contribution < 1.29 is 4.74 Å². The first-order valence-electron chi connectivity index (χ1n) is 5.93. The quantitative estimate of drug-likeness (QED) is 0.815. The van der Waals surface area contributed by atoms with Gasteiger partial charge in [-0.15, -0.1) is 0 Å². The number of hydrogen-bond donors (Lipinski definition) is 2. The zero-order valence-electron chi connectivity index (χ0n) is 9.78. The minimum Gasteiger partial charge on any atom is -0.493 e. The van der Waals surface area contributed by atoms with Gasteiger partial charge >= 0.3 is 0 Å². The van der Waals surface area contributed by atoms with Crippen molar-refractivity contribution in [2.45, 2.75) is 38.3 Å². The van der Waals surface area contributed by atoms with Gasteiger partial charge in [0.2, 0.25) is 0 Å². The van der Waals surface area contributed by atoms with Gasteiger partial charge in [0.15, 0.2) is 0 Å². The third-order valence-electron chi connectivity index (χ3n) is 2.99. The third-order valence-corrected chi connectivity index (χ3v) is 2.99. The fourth-order valence-corrected chi connectivity index (χ4v) is 2.15. The lowest BCUT2D eigenvalue weighted by Gasteiger charge is -2.20. The number of rotatable bonds is 3. The van der Waals surface area contributed by atoms with Crippen LogP contribution in [0.2, 0.25) is 0 Å². The minimum atomic E-state index is 0.0345. The summed E-state index contributed by atoms with van der Waals surface area (Å²) >= 11 is 0. The summed E-state index contributed by atoms with van der Waals surface area (Å²) in [6.07, 6.45) is 3.01. The number of ether oxygens (including phenoxy) is 1. The van der Waals surface area contributed by atoms with Gasteiger partial charge in [0.1, 0.15) is 5.75 Å². The summed E-state index contributed by atoms with van der Waals surface area (Å²) in [6.45, 7) is 2.82. The summed E-state index contributed by atoms with van der Waals surface area (Å²) in [5.41, 5.74) is 14.3. The van der Waals surface area contributed by atoms with Crippen LogP contribution in [0.4, 0.5) is 0 Å². The van der Waals surface area contributed by atoms with E-state index in [1.165, 1.54) is 11.1 Å². The molecule has 0 saturated heterocycles. The van der Waals surface area contributed by atoms with Crippen LogP contribution in [0.15, 0.2) is 18.2 Å². The Morgan fingerprint density at radius 3 is 2.94 bits per heavy atom. The van der Waals surface area contributed by atoms with Gasteiger partial charge < -0.3 is 16.2 Å². The van der Waals surface area contributed by atoms with Crippen LogP contribution in [0, 0.1) is 0 Å². The largest absolute Gasteiger partial charge is 0.493 e. The number of aryl methyl sites for hydroxylation is 1. The molecule has 0 saturated carbocycles. The highest BCUT2D eigenvalue weighted by molar-refractivity contribution is 5.39. The molecule has 0 radical (unpaired) electrons. The lowest BCUT2D eigenvalue weighted by atomic mass is 9.96. The van der Waals surface area contributed by atoms with E-state index >= 15 is 0 Å². The van der Waals surface area contributed by atoms with Crippen LogP contribution in [-0.4, -0.2) is 12.6 Å². The minimum absolute atomic E-state index is 0.0345. The predicted octanol–water partition coefficient (Wildman–Crippen LogP) is 1.75. The highest BCUT2D eigenvalue weighted by Crippen LogP contribution is 2.28. The van der Waals surface area contributed by atoms with Crippen molar-refractivity contribution in [3.05, 3.63) is 29.3 Å². The SMILES string of the molecule is CC(N)CC(N)c1ccc2c(c1)CCCO2. The predicted molar refractivity (Wildman–Crippen MR) is 65.5 cm³/mol. The molecule has 1 aliphatic heterocycles. The molecular formula is C13H20N2O. The van der Waals surface area contributed by atoms with Crippen molar-refractivity contribution in [1.82, 2.24) is 0 Å². The second-order valence-corrected chi connectivity index (χ2v) is 4.64. The average molecular weight is 220 g/mol. The molecule has 2 rings (SSSR count). The monoisotopic (exact) mass is 220 g/mol. The Morgan fingerprint density at radius 2 is 2.19 bits per heavy atom. The van der Waals surface area contributed by atoms with Gasteiger partial charge in [0.25, 0.3) is 0 Å². The molecule has 3 heteroatoms. The highest BCUT2D eigenvalue weighted by Gasteiger charge is 2.14. The van der Waals surface area contributed by atoms with Gasteiger partial charge in [-0.25, -0.2) is 0 Å². The Hall–Kier alpha value is -1.06. The smallest absolute Gasteiger partial charge is 0.122 e. The second-order valence-electron chi connectivity index (χ2n) is 4.64. The van der Waals surface area contributed by atoms with E-state index in [1.807, 2.05) is 13.0 Å². The van der Waals surface area contributed by atoms with Crippen LogP contribution < -0.4 is 16.2 Å². The molecule has 1 heterocycles. The maximum absolute atomic E-state index is 6.11. The number of fused-ring (bicyclic) bond motifs is 1. The van der Waals surface area contributed by atoms with Gasteiger partial charge in [0.05, 0.1) is 6.61 Å². The second kappa shape index (κ2) is 4.85. The zero-order chi connectivity index (χ0) is 11.5. The molecule has 1 aliphatic rings. The molecule has 4 N–H and O–H groups in total. The standard InChI is InChI=1S/C13H20N2O/c1-9(14)7-12(15)10-4-5-13-11(8-10)3-2-6-16-13/h4-5,8-9,12H,2-3,6-7,14-15H2,1H3. The summed E-state index contributed by atoms with van der Waals surface area (Å²) in [5.74, 6) is 1.02. The Morgan fingerprint density at radius 1 is 1.38 bits per heavy atom. The van der Waals surface area contributed by atoms with Crippen LogP contribution in [0.1, 0.15) is 36.9 Å². The number of hydrogen-bond acceptors (Lipinski definition) is 3. The fourth-order valence-electron chi connectivity index (χ4n) is 2.15. The van der Waals surface area contributed by atoms with E-state index in [9.17, 15) is 0 Å². The first-order valence-corrected chi connectivity index (χ1v) is 5.93. The van der Waals surface area contributed by atoms with Crippen molar-refractivity contribution in [3.8, 4) is 5.75 Å². The molecule has 1 aromatic carbocycles. The van der Waals surface area contributed by atoms with Gasteiger partial charge in [-0.3, -0.25) is 0 Å². The summed E-state index contributed by atoms with van der Waals surface area (Å²) in [6, 6.07) is 6.43. The van der Waals surface area contributed by atoms with E-state index in [4.69, 9.17) is 16.2 Å². The van der Waals surface area contributed by atoms with Crippen molar-refractivity contribution in [2.75, 3.05) is 6.61 Å². The van der Waals surface area contributed by atoms with E-state index < -0.39 is 0 Å². The van der Waals surface area contributed by atoms with E-state index in [0.29, 0.717) is 0 Å². The molecule has 0 aromatic heterocycles. The van der Waals surface area contributed by atoms with Crippen molar-refractivity contribution in [3.63, 3.8) is 0 Å². The van der Waals surface area contributed by atoms with Gasteiger partial charge in [0, 0.05) is 12.1 Å². The van der Waals surface area contributed by atoms with E-state index in [1.54, 1.807) is 0 Å². The van der Waals surface area contributed by atoms with Crippen LogP contribution in [-0.2, 0) is 6.42 Å². The Labute approximate surface area is 96.8 Å². The van der Waals surface area contributed by atoms with Crippen LogP contribution in [0.3, 0.4) is 0 Å². The zero-order valence-corrected chi connectivity index (χ0v) is 9.78. The maximum Gasteiger partial charge on any atom is 0.122 e. The molecule has 0 fully saturated rings. The van der Waals surface area contributed by atoms with Crippen molar-refractivity contribution in [1.29, 1.82) is 0 Å². The van der Waals surface area contributed by atoms with Crippen LogP contribution in [0.25, 0.3) is 0 Å². The van der Waals surface area contributed by atoms with Crippen LogP contribution in [0.5, 0.6) is 5.75 Å². The molecule has 0 bridgehead atoms. The third kappa shape index (κ3) is 2.54. The Kier molecular flexibility index (Phi) is 3.46. The molecule has 16 heavy (non-hydrogen) atoms. The lowest BCUT2D eigenvalue weighted by molar-refractivity contribution is 0.288. The van der Waals surface area contributed by atoms with Gasteiger partial charge in [-0.2, -0.15) is 0 Å². The van der Waals surface area contributed by atoms with Crippen molar-refractivity contribution in [2.24, 2.45) is 11.5 Å².